The van der Waals surface area contributed by atoms with Crippen LogP contribution in [-0.2, 0) is 4.79 Å². The highest BCUT2D eigenvalue weighted by molar-refractivity contribution is 5.92. The number of nitrogens with one attached hydrogen (secondary N) is 2. The molecule has 1 aromatic rings. The van der Waals surface area contributed by atoms with E-state index >= 15 is 0 Å². The van der Waals surface area contributed by atoms with Crippen molar-refractivity contribution in [1.29, 1.82) is 0 Å². The lowest BCUT2D eigenvalue weighted by Crippen LogP contribution is -2.40. The van der Waals surface area contributed by atoms with Gasteiger partial charge in [0.2, 0.25) is 5.91 Å². The van der Waals surface area contributed by atoms with Crippen molar-refractivity contribution in [2.24, 2.45) is 5.92 Å². The fourth-order valence-corrected chi connectivity index (χ4v) is 2.50. The average molecular weight is 313 g/mol. The molecule has 0 aromatic heterocycles. The number of carbonyl (C=O) groups excluding carboxylic acids is 1. The zero-order chi connectivity index (χ0) is 14.4. The molecule has 1 aliphatic rings. The third kappa shape index (κ3) is 5.56. The summed E-state index contributed by atoms with van der Waals surface area (Å²) in [5.74, 6) is 1.03. The molecular formula is C16H25ClN2O2. The number of ether oxygens (including phenoxy) is 1. The van der Waals surface area contributed by atoms with Crippen molar-refractivity contribution in [3.05, 3.63) is 24.3 Å². The maximum Gasteiger partial charge on any atom is 0.227 e. The van der Waals surface area contributed by atoms with Crippen LogP contribution >= 0.6 is 12.4 Å². The Labute approximate surface area is 133 Å². The van der Waals surface area contributed by atoms with Crippen LogP contribution in [0.2, 0.25) is 0 Å². The van der Waals surface area contributed by atoms with Crippen molar-refractivity contribution < 1.29 is 9.53 Å². The van der Waals surface area contributed by atoms with Gasteiger partial charge in [-0.15, -0.1) is 12.4 Å². The molecule has 0 aliphatic carbocycles. The van der Waals surface area contributed by atoms with Crippen molar-refractivity contribution in [2.45, 2.75) is 39.2 Å². The molecule has 1 aliphatic heterocycles. The molecule has 5 heteroatoms. The summed E-state index contributed by atoms with van der Waals surface area (Å²) in [7, 11) is 0. The molecule has 0 bridgehead atoms. The second-order valence-electron chi connectivity index (χ2n) is 5.44. The standard InChI is InChI=1S/C16H24N2O2.ClH/c1-3-9-20-15-6-4-5-14(11-15)18-16(19)13-7-8-17-12(2)10-13;/h4-6,11-13,17H,3,7-10H2,1-2H3,(H,18,19);1H/t12-,13-;/m0./s1. The maximum absolute atomic E-state index is 12.3. The van der Waals surface area contributed by atoms with Crippen LogP contribution in [0.3, 0.4) is 0 Å². The van der Waals surface area contributed by atoms with Gasteiger partial charge in [0.05, 0.1) is 6.61 Å². The molecule has 1 aromatic carbocycles. The first-order chi connectivity index (χ1) is 9.69. The summed E-state index contributed by atoms with van der Waals surface area (Å²) in [5.41, 5.74) is 0.815. The van der Waals surface area contributed by atoms with E-state index in [4.69, 9.17) is 4.74 Å². The third-order valence-corrected chi connectivity index (χ3v) is 3.57. The molecular weight excluding hydrogens is 288 g/mol. The van der Waals surface area contributed by atoms with Gasteiger partial charge in [0.25, 0.3) is 0 Å². The lowest BCUT2D eigenvalue weighted by Gasteiger charge is -2.27. The van der Waals surface area contributed by atoms with Gasteiger partial charge in [0.15, 0.2) is 0 Å². The fourth-order valence-electron chi connectivity index (χ4n) is 2.50. The zero-order valence-electron chi connectivity index (χ0n) is 12.7. The number of hydrogen-bond donors (Lipinski definition) is 2. The van der Waals surface area contributed by atoms with Crippen molar-refractivity contribution in [3.8, 4) is 5.75 Å². The van der Waals surface area contributed by atoms with E-state index < -0.39 is 0 Å². The number of amides is 1. The average Bonchev–Trinajstić information content (AvgIpc) is 2.45. The van der Waals surface area contributed by atoms with Crippen LogP contribution in [-0.4, -0.2) is 25.1 Å². The van der Waals surface area contributed by atoms with Crippen molar-refractivity contribution in [3.63, 3.8) is 0 Å². The second-order valence-corrected chi connectivity index (χ2v) is 5.44. The number of anilines is 1. The molecule has 1 amide bonds. The largest absolute Gasteiger partial charge is 0.494 e. The minimum absolute atomic E-state index is 0. The topological polar surface area (TPSA) is 50.4 Å². The predicted molar refractivity (Wildman–Crippen MR) is 88.3 cm³/mol. The normalized spacial score (nSPS) is 21.2. The van der Waals surface area contributed by atoms with Gasteiger partial charge in [0.1, 0.15) is 5.75 Å². The number of halogens is 1. The van der Waals surface area contributed by atoms with Crippen molar-refractivity contribution in [2.75, 3.05) is 18.5 Å². The molecule has 0 saturated carbocycles. The van der Waals surface area contributed by atoms with Crippen LogP contribution in [0.25, 0.3) is 0 Å². The molecule has 118 valence electrons. The van der Waals surface area contributed by atoms with Gasteiger partial charge in [-0.1, -0.05) is 13.0 Å². The van der Waals surface area contributed by atoms with Gasteiger partial charge in [-0.2, -0.15) is 0 Å². The Kier molecular flexibility index (Phi) is 7.54. The van der Waals surface area contributed by atoms with Gasteiger partial charge in [-0.05, 0) is 44.9 Å². The van der Waals surface area contributed by atoms with Gasteiger partial charge >= 0.3 is 0 Å². The first-order valence-electron chi connectivity index (χ1n) is 7.46. The zero-order valence-corrected chi connectivity index (χ0v) is 13.5. The minimum Gasteiger partial charge on any atom is -0.494 e. The number of benzene rings is 1. The summed E-state index contributed by atoms with van der Waals surface area (Å²) >= 11 is 0. The van der Waals surface area contributed by atoms with E-state index in [0.717, 1.165) is 37.2 Å². The van der Waals surface area contributed by atoms with E-state index in [0.29, 0.717) is 12.6 Å². The molecule has 1 fully saturated rings. The Hall–Kier alpha value is -1.26. The van der Waals surface area contributed by atoms with E-state index in [1.807, 2.05) is 24.3 Å². The SMILES string of the molecule is CCCOc1cccc(NC(=O)[C@H]2CCN[C@@H](C)C2)c1.Cl. The second kappa shape index (κ2) is 8.90. The Morgan fingerprint density at radius 3 is 3.00 bits per heavy atom. The molecule has 1 saturated heterocycles. The molecule has 2 atom stereocenters. The highest BCUT2D eigenvalue weighted by atomic mass is 35.5. The highest BCUT2D eigenvalue weighted by Crippen LogP contribution is 2.21. The Balaban J connectivity index is 0.00000220. The van der Waals surface area contributed by atoms with Gasteiger partial charge in [0, 0.05) is 23.7 Å². The summed E-state index contributed by atoms with van der Waals surface area (Å²) in [6.07, 6.45) is 2.78. The van der Waals surface area contributed by atoms with Gasteiger partial charge < -0.3 is 15.4 Å². The summed E-state index contributed by atoms with van der Waals surface area (Å²) in [5, 5.41) is 6.37. The van der Waals surface area contributed by atoms with Crippen LogP contribution in [0, 0.1) is 5.92 Å². The molecule has 0 spiro atoms. The summed E-state index contributed by atoms with van der Waals surface area (Å²) in [4.78, 5) is 12.3. The van der Waals surface area contributed by atoms with Crippen molar-refractivity contribution >= 4 is 24.0 Å². The van der Waals surface area contributed by atoms with Crippen LogP contribution in [0.5, 0.6) is 5.75 Å². The summed E-state index contributed by atoms with van der Waals surface area (Å²) in [6, 6.07) is 8.03. The molecule has 21 heavy (non-hydrogen) atoms. The lowest BCUT2D eigenvalue weighted by atomic mass is 9.92. The smallest absolute Gasteiger partial charge is 0.227 e. The molecule has 4 nitrogen and oxygen atoms in total. The molecule has 1 heterocycles. The van der Waals surface area contributed by atoms with Crippen LogP contribution in [0.15, 0.2) is 24.3 Å². The van der Waals surface area contributed by atoms with E-state index in [-0.39, 0.29) is 24.2 Å². The molecule has 2 rings (SSSR count). The predicted octanol–water partition coefficient (Wildman–Crippen LogP) is 3.22. The number of hydrogen-bond acceptors (Lipinski definition) is 3. The molecule has 0 unspecified atom stereocenters. The Morgan fingerprint density at radius 1 is 1.48 bits per heavy atom. The van der Waals surface area contributed by atoms with Crippen LogP contribution < -0.4 is 15.4 Å². The maximum atomic E-state index is 12.3. The fraction of sp³-hybridized carbons (Fsp3) is 0.562. The Bertz CT molecular complexity index is 454. The van der Waals surface area contributed by atoms with Crippen molar-refractivity contribution in [1.82, 2.24) is 5.32 Å². The van der Waals surface area contributed by atoms with E-state index in [1.165, 1.54) is 0 Å². The quantitative estimate of drug-likeness (QED) is 0.877. The van der Waals surface area contributed by atoms with Crippen LogP contribution in [0.4, 0.5) is 5.69 Å². The number of carbonyl (C=O) groups is 1. The first-order valence-corrected chi connectivity index (χ1v) is 7.46. The molecule has 2 N–H and O–H groups in total. The van der Waals surface area contributed by atoms with Gasteiger partial charge in [-0.25, -0.2) is 0 Å². The number of rotatable bonds is 5. The molecule has 0 radical (unpaired) electrons. The van der Waals surface area contributed by atoms with E-state index in [2.05, 4.69) is 24.5 Å². The monoisotopic (exact) mass is 312 g/mol. The number of piperidine rings is 1. The van der Waals surface area contributed by atoms with E-state index in [9.17, 15) is 4.79 Å². The van der Waals surface area contributed by atoms with Gasteiger partial charge in [-0.3, -0.25) is 4.79 Å². The van der Waals surface area contributed by atoms with E-state index in [1.54, 1.807) is 0 Å². The summed E-state index contributed by atoms with van der Waals surface area (Å²) < 4.78 is 5.58. The Morgan fingerprint density at radius 2 is 2.29 bits per heavy atom. The lowest BCUT2D eigenvalue weighted by molar-refractivity contribution is -0.120. The minimum atomic E-state index is 0. The van der Waals surface area contributed by atoms with Crippen LogP contribution in [0.1, 0.15) is 33.1 Å². The third-order valence-electron chi connectivity index (χ3n) is 3.57. The summed E-state index contributed by atoms with van der Waals surface area (Å²) in [6.45, 7) is 5.81. The first kappa shape index (κ1) is 17.8. The highest BCUT2D eigenvalue weighted by Gasteiger charge is 2.24.